The van der Waals surface area contributed by atoms with E-state index in [1.165, 1.54) is 4.90 Å². The molecule has 1 atom stereocenters. The van der Waals surface area contributed by atoms with E-state index >= 15 is 0 Å². The van der Waals surface area contributed by atoms with Gasteiger partial charge in [0.2, 0.25) is 5.91 Å². The van der Waals surface area contributed by atoms with Gasteiger partial charge < -0.3 is 19.7 Å². The molecule has 1 aliphatic heterocycles. The van der Waals surface area contributed by atoms with Crippen molar-refractivity contribution in [2.45, 2.75) is 20.3 Å². The molecule has 1 heterocycles. The number of anilines is 2. The number of para-hydroxylation sites is 2. The van der Waals surface area contributed by atoms with E-state index in [1.807, 2.05) is 19.9 Å². The van der Waals surface area contributed by atoms with Gasteiger partial charge in [-0.25, -0.2) is 0 Å². The molecule has 0 aromatic heterocycles. The van der Waals surface area contributed by atoms with Crippen molar-refractivity contribution in [1.82, 2.24) is 0 Å². The minimum absolute atomic E-state index is 0.0221. The second kappa shape index (κ2) is 9.63. The summed E-state index contributed by atoms with van der Waals surface area (Å²) < 4.78 is 10.7. The lowest BCUT2D eigenvalue weighted by Gasteiger charge is -2.20. The summed E-state index contributed by atoms with van der Waals surface area (Å²) in [6.45, 7) is 3.89. The molecular formula is C22H23ClN2O5. The number of ether oxygens (including phenoxy) is 2. The number of nitrogens with one attached hydrogen (secondary N) is 1. The maximum Gasteiger partial charge on any atom is 0.311 e. The van der Waals surface area contributed by atoms with Gasteiger partial charge in [0.15, 0.2) is 6.61 Å². The van der Waals surface area contributed by atoms with Gasteiger partial charge in [0, 0.05) is 23.7 Å². The molecular weight excluding hydrogens is 408 g/mol. The van der Waals surface area contributed by atoms with Gasteiger partial charge in [0.25, 0.3) is 5.91 Å². The first-order valence-electron chi connectivity index (χ1n) is 9.64. The van der Waals surface area contributed by atoms with Crippen LogP contribution in [0.15, 0.2) is 42.5 Å². The van der Waals surface area contributed by atoms with Crippen LogP contribution >= 0.6 is 11.6 Å². The number of carbonyl (C=O) groups is 3. The summed E-state index contributed by atoms with van der Waals surface area (Å²) in [6, 6.07) is 12.3. The van der Waals surface area contributed by atoms with Crippen molar-refractivity contribution in [3.05, 3.63) is 53.1 Å². The summed E-state index contributed by atoms with van der Waals surface area (Å²) >= 11 is 5.94. The molecule has 8 heteroatoms. The highest BCUT2D eigenvalue weighted by atomic mass is 35.5. The lowest BCUT2D eigenvalue weighted by molar-refractivity contribution is -0.151. The Balaban J connectivity index is 1.57. The molecule has 2 amide bonds. The second-order valence-corrected chi connectivity index (χ2v) is 7.36. The molecule has 0 bridgehead atoms. The number of hydrogen-bond donors (Lipinski definition) is 1. The third-order valence-corrected chi connectivity index (χ3v) is 4.97. The van der Waals surface area contributed by atoms with Crippen LogP contribution in [0.25, 0.3) is 0 Å². The molecule has 158 valence electrons. The summed E-state index contributed by atoms with van der Waals surface area (Å²) in [7, 11) is 0. The lowest BCUT2D eigenvalue weighted by Crippen LogP contribution is -2.28. The van der Waals surface area contributed by atoms with Gasteiger partial charge in [-0.05, 0) is 43.7 Å². The number of esters is 1. The van der Waals surface area contributed by atoms with E-state index < -0.39 is 24.4 Å². The first kappa shape index (κ1) is 21.6. The van der Waals surface area contributed by atoms with Crippen molar-refractivity contribution in [3.63, 3.8) is 0 Å². The maximum absolute atomic E-state index is 12.5. The molecule has 7 nitrogen and oxygen atoms in total. The zero-order valence-electron chi connectivity index (χ0n) is 16.8. The topological polar surface area (TPSA) is 84.9 Å². The van der Waals surface area contributed by atoms with Crippen molar-refractivity contribution < 1.29 is 23.9 Å². The van der Waals surface area contributed by atoms with Crippen molar-refractivity contribution in [1.29, 1.82) is 0 Å². The molecule has 2 aromatic carbocycles. The van der Waals surface area contributed by atoms with Gasteiger partial charge in [0.1, 0.15) is 5.75 Å². The number of benzene rings is 2. The molecule has 30 heavy (non-hydrogen) atoms. The van der Waals surface area contributed by atoms with Gasteiger partial charge in [-0.15, -0.1) is 0 Å². The fraction of sp³-hybridized carbons (Fsp3) is 0.318. The van der Waals surface area contributed by atoms with Crippen LogP contribution in [-0.2, 0) is 19.1 Å². The van der Waals surface area contributed by atoms with Crippen LogP contribution in [0.1, 0.15) is 18.9 Å². The SMILES string of the molecule is CCOc1ccccc1N1C[C@@H](C(=O)OCC(=O)Nc2cc(Cl)ccc2C)CC1=O. The zero-order chi connectivity index (χ0) is 21.7. The average Bonchev–Trinajstić information content (AvgIpc) is 3.11. The number of hydrogen-bond acceptors (Lipinski definition) is 5. The van der Waals surface area contributed by atoms with Crippen LogP contribution in [0, 0.1) is 12.8 Å². The van der Waals surface area contributed by atoms with Gasteiger partial charge in [-0.2, -0.15) is 0 Å². The lowest BCUT2D eigenvalue weighted by atomic mass is 10.1. The van der Waals surface area contributed by atoms with E-state index in [-0.39, 0.29) is 18.9 Å². The van der Waals surface area contributed by atoms with E-state index in [9.17, 15) is 14.4 Å². The third kappa shape index (κ3) is 5.10. The highest BCUT2D eigenvalue weighted by molar-refractivity contribution is 6.31. The Kier molecular flexibility index (Phi) is 6.95. The van der Waals surface area contributed by atoms with Crippen molar-refractivity contribution in [2.24, 2.45) is 5.92 Å². The molecule has 1 fully saturated rings. The monoisotopic (exact) mass is 430 g/mol. The van der Waals surface area contributed by atoms with E-state index in [2.05, 4.69) is 5.32 Å². The number of halogens is 1. The summed E-state index contributed by atoms with van der Waals surface area (Å²) in [5, 5.41) is 3.16. The molecule has 1 saturated heterocycles. The number of carbonyl (C=O) groups excluding carboxylic acids is 3. The summed E-state index contributed by atoms with van der Waals surface area (Å²) in [6.07, 6.45) is 0.0221. The van der Waals surface area contributed by atoms with Crippen LogP contribution in [-0.4, -0.2) is 37.5 Å². The van der Waals surface area contributed by atoms with E-state index in [0.29, 0.717) is 28.8 Å². The Hall–Kier alpha value is -3.06. The Bertz CT molecular complexity index is 962. The highest BCUT2D eigenvalue weighted by Gasteiger charge is 2.37. The normalized spacial score (nSPS) is 15.8. The number of nitrogens with zero attached hydrogens (tertiary/aromatic N) is 1. The predicted octanol–water partition coefficient (Wildman–Crippen LogP) is 3.58. The van der Waals surface area contributed by atoms with E-state index in [0.717, 1.165) is 5.56 Å². The Labute approximate surface area is 179 Å². The first-order chi connectivity index (χ1) is 14.4. The van der Waals surface area contributed by atoms with Gasteiger partial charge >= 0.3 is 5.97 Å². The summed E-state index contributed by atoms with van der Waals surface area (Å²) in [5.74, 6) is -1.32. The standard InChI is InChI=1S/C22H23ClN2O5/c1-3-29-19-7-5-4-6-18(19)25-12-15(10-21(25)27)22(28)30-13-20(26)24-17-11-16(23)9-8-14(17)2/h4-9,11,15H,3,10,12-13H2,1-2H3,(H,24,26)/t15-/m0/s1. The smallest absolute Gasteiger partial charge is 0.311 e. The van der Waals surface area contributed by atoms with Crippen LogP contribution in [0.4, 0.5) is 11.4 Å². The minimum atomic E-state index is -0.645. The van der Waals surface area contributed by atoms with Crippen molar-refractivity contribution in [2.75, 3.05) is 30.0 Å². The van der Waals surface area contributed by atoms with Gasteiger partial charge in [0.05, 0.1) is 18.2 Å². The van der Waals surface area contributed by atoms with Gasteiger partial charge in [-0.3, -0.25) is 14.4 Å². The largest absolute Gasteiger partial charge is 0.492 e. The quantitative estimate of drug-likeness (QED) is 0.678. The molecule has 3 rings (SSSR count). The van der Waals surface area contributed by atoms with Crippen LogP contribution < -0.4 is 15.0 Å². The average molecular weight is 431 g/mol. The molecule has 1 aliphatic rings. The third-order valence-electron chi connectivity index (χ3n) is 4.73. The maximum atomic E-state index is 12.5. The molecule has 0 unspecified atom stereocenters. The Morgan fingerprint density at radius 3 is 2.77 bits per heavy atom. The number of amides is 2. The molecule has 2 aromatic rings. The summed E-state index contributed by atoms with van der Waals surface area (Å²) in [5.41, 5.74) is 2.01. The highest BCUT2D eigenvalue weighted by Crippen LogP contribution is 2.33. The molecule has 0 radical (unpaired) electrons. The summed E-state index contributed by atoms with van der Waals surface area (Å²) in [4.78, 5) is 38.5. The van der Waals surface area contributed by atoms with Crippen molar-refractivity contribution in [3.8, 4) is 5.75 Å². The Morgan fingerprint density at radius 2 is 2.00 bits per heavy atom. The van der Waals surface area contributed by atoms with Gasteiger partial charge in [-0.1, -0.05) is 29.8 Å². The minimum Gasteiger partial charge on any atom is -0.492 e. The van der Waals surface area contributed by atoms with Crippen molar-refractivity contribution >= 4 is 40.8 Å². The van der Waals surface area contributed by atoms with Crippen LogP contribution in [0.5, 0.6) is 5.75 Å². The second-order valence-electron chi connectivity index (χ2n) is 6.92. The van der Waals surface area contributed by atoms with Crippen LogP contribution in [0.2, 0.25) is 5.02 Å². The Morgan fingerprint density at radius 1 is 1.23 bits per heavy atom. The predicted molar refractivity (Wildman–Crippen MR) is 114 cm³/mol. The molecule has 0 aliphatic carbocycles. The van der Waals surface area contributed by atoms with Crippen LogP contribution in [0.3, 0.4) is 0 Å². The molecule has 1 N–H and O–H groups in total. The molecule has 0 spiro atoms. The fourth-order valence-corrected chi connectivity index (χ4v) is 3.40. The number of rotatable bonds is 7. The van der Waals surface area contributed by atoms with E-state index in [1.54, 1.807) is 36.4 Å². The number of aryl methyl sites for hydroxylation is 1. The molecule has 0 saturated carbocycles. The first-order valence-corrected chi connectivity index (χ1v) is 10.0. The fourth-order valence-electron chi connectivity index (χ4n) is 3.23. The van der Waals surface area contributed by atoms with E-state index in [4.69, 9.17) is 21.1 Å². The zero-order valence-corrected chi connectivity index (χ0v) is 17.6.